The molecule has 4 heteroatoms. The molecule has 0 saturated carbocycles. The molecule has 1 aromatic carbocycles. The zero-order valence-electron chi connectivity index (χ0n) is 12.6. The molecular formula is C18H17NO2S. The standard InChI is InChI=1S/C18H17NO2S/c1-13-6-7-15(12-19-13)18-5-3-4-17(18)14-8-10-16(11-9-14)22(2,20)21/h4-12H,3H2,1-2H3. The summed E-state index contributed by atoms with van der Waals surface area (Å²) >= 11 is 0. The predicted octanol–water partition coefficient (Wildman–Crippen LogP) is 3.66. The average Bonchev–Trinajstić information content (AvgIpc) is 2.97. The first kappa shape index (κ1) is 14.7. The van der Waals surface area contributed by atoms with Crippen LogP contribution in [0.2, 0.25) is 0 Å². The number of pyridine rings is 1. The van der Waals surface area contributed by atoms with Crippen molar-refractivity contribution in [3.8, 4) is 0 Å². The van der Waals surface area contributed by atoms with Gasteiger partial charge in [-0.3, -0.25) is 4.98 Å². The summed E-state index contributed by atoms with van der Waals surface area (Å²) < 4.78 is 23.1. The van der Waals surface area contributed by atoms with Gasteiger partial charge in [-0.2, -0.15) is 0 Å². The summed E-state index contributed by atoms with van der Waals surface area (Å²) in [4.78, 5) is 4.70. The molecule has 3 nitrogen and oxygen atoms in total. The Labute approximate surface area is 131 Å². The van der Waals surface area contributed by atoms with E-state index in [1.54, 1.807) is 12.1 Å². The van der Waals surface area contributed by atoms with Crippen LogP contribution in [0.4, 0.5) is 0 Å². The highest BCUT2D eigenvalue weighted by Crippen LogP contribution is 2.36. The van der Waals surface area contributed by atoms with Crippen molar-refractivity contribution in [2.24, 2.45) is 0 Å². The van der Waals surface area contributed by atoms with E-state index in [4.69, 9.17) is 0 Å². The number of aromatic nitrogens is 1. The van der Waals surface area contributed by atoms with Crippen LogP contribution in [-0.2, 0) is 9.84 Å². The minimum atomic E-state index is -3.16. The van der Waals surface area contributed by atoms with Crippen molar-refractivity contribution < 1.29 is 8.42 Å². The van der Waals surface area contributed by atoms with Gasteiger partial charge in [0.2, 0.25) is 0 Å². The number of rotatable bonds is 3. The van der Waals surface area contributed by atoms with E-state index in [9.17, 15) is 8.42 Å². The minimum absolute atomic E-state index is 0.345. The summed E-state index contributed by atoms with van der Waals surface area (Å²) in [6.07, 6.45) is 8.31. The maximum Gasteiger partial charge on any atom is 0.175 e. The molecule has 0 spiro atoms. The predicted molar refractivity (Wildman–Crippen MR) is 89.1 cm³/mol. The van der Waals surface area contributed by atoms with Crippen molar-refractivity contribution in [3.63, 3.8) is 0 Å². The van der Waals surface area contributed by atoms with E-state index >= 15 is 0 Å². The van der Waals surface area contributed by atoms with Crippen molar-refractivity contribution in [2.45, 2.75) is 18.2 Å². The van der Waals surface area contributed by atoms with Crippen LogP contribution >= 0.6 is 0 Å². The fourth-order valence-electron chi connectivity index (χ4n) is 2.57. The Morgan fingerprint density at radius 1 is 0.909 bits per heavy atom. The second-order valence-electron chi connectivity index (χ2n) is 5.46. The molecule has 1 aliphatic rings. The van der Waals surface area contributed by atoms with Gasteiger partial charge in [-0.05, 0) is 48.3 Å². The number of hydrogen-bond donors (Lipinski definition) is 0. The zero-order chi connectivity index (χ0) is 15.7. The number of benzene rings is 1. The van der Waals surface area contributed by atoms with E-state index in [1.807, 2.05) is 31.3 Å². The lowest BCUT2D eigenvalue weighted by Gasteiger charge is -2.10. The first-order valence-electron chi connectivity index (χ1n) is 7.09. The van der Waals surface area contributed by atoms with Gasteiger partial charge >= 0.3 is 0 Å². The number of nitrogens with zero attached hydrogens (tertiary/aromatic N) is 1. The zero-order valence-corrected chi connectivity index (χ0v) is 13.4. The fourth-order valence-corrected chi connectivity index (χ4v) is 3.20. The fraction of sp³-hybridized carbons (Fsp3) is 0.167. The van der Waals surface area contributed by atoms with Gasteiger partial charge in [-0.15, -0.1) is 0 Å². The van der Waals surface area contributed by atoms with Crippen LogP contribution in [0.25, 0.3) is 11.1 Å². The van der Waals surface area contributed by atoms with Crippen LogP contribution in [0, 0.1) is 6.92 Å². The van der Waals surface area contributed by atoms with Gasteiger partial charge in [-0.1, -0.05) is 30.4 Å². The SMILES string of the molecule is Cc1ccc(C2=CCC=C2c2ccc(S(C)(=O)=O)cc2)cn1. The second-order valence-corrected chi connectivity index (χ2v) is 7.47. The van der Waals surface area contributed by atoms with Crippen molar-refractivity contribution in [3.05, 3.63) is 71.6 Å². The number of aryl methyl sites for hydroxylation is 1. The van der Waals surface area contributed by atoms with E-state index in [-0.39, 0.29) is 0 Å². The Bertz CT molecular complexity index is 858. The summed E-state index contributed by atoms with van der Waals surface area (Å²) in [6, 6.07) is 11.1. The molecule has 2 aromatic rings. The number of hydrogen-bond acceptors (Lipinski definition) is 3. The molecule has 0 amide bonds. The third kappa shape index (κ3) is 2.88. The van der Waals surface area contributed by atoms with E-state index in [0.717, 1.165) is 34.4 Å². The molecule has 0 radical (unpaired) electrons. The molecule has 0 bridgehead atoms. The normalized spacial score (nSPS) is 14.6. The molecule has 0 fully saturated rings. The Balaban J connectivity index is 1.95. The van der Waals surface area contributed by atoms with Crippen molar-refractivity contribution in [1.29, 1.82) is 0 Å². The summed E-state index contributed by atoms with van der Waals surface area (Å²) in [6.45, 7) is 1.97. The van der Waals surface area contributed by atoms with Gasteiger partial charge in [0.25, 0.3) is 0 Å². The maximum atomic E-state index is 11.5. The highest BCUT2D eigenvalue weighted by molar-refractivity contribution is 7.90. The van der Waals surface area contributed by atoms with Crippen molar-refractivity contribution >= 4 is 21.0 Å². The van der Waals surface area contributed by atoms with Crippen LogP contribution in [0.15, 0.2) is 59.6 Å². The van der Waals surface area contributed by atoms with Gasteiger partial charge < -0.3 is 0 Å². The average molecular weight is 311 g/mol. The van der Waals surface area contributed by atoms with Crippen LogP contribution in [0.5, 0.6) is 0 Å². The number of allylic oxidation sites excluding steroid dienone is 4. The van der Waals surface area contributed by atoms with E-state index in [2.05, 4.69) is 23.2 Å². The Hall–Kier alpha value is -2.20. The molecule has 0 atom stereocenters. The van der Waals surface area contributed by atoms with E-state index < -0.39 is 9.84 Å². The van der Waals surface area contributed by atoms with Crippen molar-refractivity contribution in [1.82, 2.24) is 4.98 Å². The molecule has 112 valence electrons. The topological polar surface area (TPSA) is 47.0 Å². The Morgan fingerprint density at radius 3 is 2.05 bits per heavy atom. The Kier molecular flexibility index (Phi) is 3.71. The van der Waals surface area contributed by atoms with Crippen LogP contribution in [0.3, 0.4) is 0 Å². The third-order valence-electron chi connectivity index (χ3n) is 3.75. The maximum absolute atomic E-state index is 11.5. The lowest BCUT2D eigenvalue weighted by Crippen LogP contribution is -1.97. The summed E-state index contributed by atoms with van der Waals surface area (Å²) in [5.41, 5.74) is 5.38. The van der Waals surface area contributed by atoms with E-state index in [0.29, 0.717) is 4.90 Å². The van der Waals surface area contributed by atoms with Gasteiger partial charge in [0.05, 0.1) is 4.90 Å². The lowest BCUT2D eigenvalue weighted by atomic mass is 9.96. The molecule has 0 N–H and O–H groups in total. The highest BCUT2D eigenvalue weighted by Gasteiger charge is 2.15. The number of sulfone groups is 1. The monoisotopic (exact) mass is 311 g/mol. The molecule has 0 aliphatic heterocycles. The Morgan fingerprint density at radius 2 is 1.50 bits per heavy atom. The van der Waals surface area contributed by atoms with Gasteiger partial charge in [0, 0.05) is 23.7 Å². The van der Waals surface area contributed by atoms with Gasteiger partial charge in [0.15, 0.2) is 9.84 Å². The van der Waals surface area contributed by atoms with E-state index in [1.165, 1.54) is 6.26 Å². The quantitative estimate of drug-likeness (QED) is 0.869. The van der Waals surface area contributed by atoms with Crippen LogP contribution in [-0.4, -0.2) is 19.7 Å². The van der Waals surface area contributed by atoms with Crippen molar-refractivity contribution in [2.75, 3.05) is 6.26 Å². The molecular weight excluding hydrogens is 294 g/mol. The molecule has 0 unspecified atom stereocenters. The smallest absolute Gasteiger partial charge is 0.175 e. The first-order chi connectivity index (χ1) is 10.4. The highest BCUT2D eigenvalue weighted by atomic mass is 32.2. The third-order valence-corrected chi connectivity index (χ3v) is 4.88. The molecule has 1 aliphatic carbocycles. The summed E-state index contributed by atoms with van der Waals surface area (Å²) in [7, 11) is -3.16. The lowest BCUT2D eigenvalue weighted by molar-refractivity contribution is 0.602. The van der Waals surface area contributed by atoms with Gasteiger partial charge in [-0.25, -0.2) is 8.42 Å². The van der Waals surface area contributed by atoms with Crippen LogP contribution < -0.4 is 0 Å². The molecule has 22 heavy (non-hydrogen) atoms. The molecule has 3 rings (SSSR count). The van der Waals surface area contributed by atoms with Gasteiger partial charge in [0.1, 0.15) is 0 Å². The first-order valence-corrected chi connectivity index (χ1v) is 8.98. The molecule has 1 heterocycles. The second kappa shape index (κ2) is 5.54. The van der Waals surface area contributed by atoms with Crippen LogP contribution in [0.1, 0.15) is 23.2 Å². The summed E-state index contributed by atoms with van der Waals surface area (Å²) in [5, 5.41) is 0. The molecule has 0 saturated heterocycles. The minimum Gasteiger partial charge on any atom is -0.261 e. The largest absolute Gasteiger partial charge is 0.261 e. The summed E-state index contributed by atoms with van der Waals surface area (Å²) in [5.74, 6) is 0. The molecule has 1 aromatic heterocycles.